The van der Waals surface area contributed by atoms with E-state index in [0.717, 1.165) is 18.7 Å². The van der Waals surface area contributed by atoms with Gasteiger partial charge in [0.1, 0.15) is 6.61 Å². The summed E-state index contributed by atoms with van der Waals surface area (Å²) in [4.78, 5) is 11.8. The molecule has 1 saturated heterocycles. The Kier molecular flexibility index (Phi) is 4.67. The molecule has 1 unspecified atom stereocenters. The van der Waals surface area contributed by atoms with Gasteiger partial charge in [0.25, 0.3) is 0 Å². The van der Waals surface area contributed by atoms with E-state index < -0.39 is 0 Å². The Hall–Kier alpha value is -1.23. The van der Waals surface area contributed by atoms with E-state index in [0.29, 0.717) is 13.2 Å². The van der Waals surface area contributed by atoms with Crippen molar-refractivity contribution in [2.75, 3.05) is 26.2 Å². The van der Waals surface area contributed by atoms with E-state index in [9.17, 15) is 4.79 Å². The molecule has 0 radical (unpaired) electrons. The molecule has 0 bridgehead atoms. The Morgan fingerprint density at radius 3 is 2.82 bits per heavy atom. The number of hydrogen-bond donors (Lipinski definition) is 2. The Bertz CT molecular complexity index is 348. The summed E-state index contributed by atoms with van der Waals surface area (Å²) in [6, 6.07) is 9.78. The molecule has 1 atom stereocenters. The lowest BCUT2D eigenvalue weighted by molar-refractivity contribution is -0.126. The lowest BCUT2D eigenvalue weighted by Crippen LogP contribution is -2.53. The quantitative estimate of drug-likeness (QED) is 0.771. The fourth-order valence-corrected chi connectivity index (χ4v) is 1.83. The van der Waals surface area contributed by atoms with Crippen LogP contribution in [0.2, 0.25) is 0 Å². The van der Waals surface area contributed by atoms with E-state index >= 15 is 0 Å². The highest BCUT2D eigenvalue weighted by molar-refractivity contribution is 5.85. The molecule has 0 aliphatic carbocycles. The van der Waals surface area contributed by atoms with Gasteiger partial charge in [-0.05, 0) is 5.56 Å². The highest BCUT2D eigenvalue weighted by Gasteiger charge is 2.19. The van der Waals surface area contributed by atoms with Crippen LogP contribution in [0.5, 0.6) is 0 Å². The summed E-state index contributed by atoms with van der Waals surface area (Å²) in [5.74, 6) is 0.119. The largest absolute Gasteiger partial charge is 0.369 e. The van der Waals surface area contributed by atoms with E-state index in [2.05, 4.69) is 10.6 Å². The number of hydrogen-bond acceptors (Lipinski definition) is 4. The van der Waals surface area contributed by atoms with Crippen molar-refractivity contribution in [1.29, 1.82) is 0 Å². The topological polar surface area (TPSA) is 50.4 Å². The minimum Gasteiger partial charge on any atom is -0.369 e. The molecule has 2 rings (SSSR count). The van der Waals surface area contributed by atoms with Crippen molar-refractivity contribution in [1.82, 2.24) is 10.6 Å². The summed E-state index contributed by atoms with van der Waals surface area (Å²) >= 11 is 0. The standard InChI is InChI=1S/C13H18N2O2/c16-13(12-8-14-6-7-15-12)10-17-9-11-4-2-1-3-5-11/h1-5,12,14-15H,6-10H2. The third kappa shape index (κ3) is 3.93. The number of ketones is 1. The van der Waals surface area contributed by atoms with Crippen LogP contribution in [0.25, 0.3) is 0 Å². The number of nitrogens with one attached hydrogen (secondary N) is 2. The first-order chi connectivity index (χ1) is 8.36. The average Bonchev–Trinajstić information content (AvgIpc) is 2.41. The Balaban J connectivity index is 1.69. The summed E-state index contributed by atoms with van der Waals surface area (Å²) in [5, 5.41) is 6.36. The third-order valence-corrected chi connectivity index (χ3v) is 2.79. The van der Waals surface area contributed by atoms with Crippen LogP contribution in [0.4, 0.5) is 0 Å². The molecule has 1 aliphatic rings. The van der Waals surface area contributed by atoms with Crippen LogP contribution in [0.15, 0.2) is 30.3 Å². The van der Waals surface area contributed by atoms with Crippen molar-refractivity contribution >= 4 is 5.78 Å². The zero-order valence-corrected chi connectivity index (χ0v) is 9.82. The molecule has 0 spiro atoms. The molecule has 1 aromatic rings. The number of carbonyl (C=O) groups excluding carboxylic acids is 1. The molecule has 0 aromatic heterocycles. The second-order valence-corrected chi connectivity index (χ2v) is 4.16. The van der Waals surface area contributed by atoms with Crippen molar-refractivity contribution in [3.63, 3.8) is 0 Å². The van der Waals surface area contributed by atoms with Gasteiger partial charge < -0.3 is 15.4 Å². The molecular weight excluding hydrogens is 216 g/mol. The smallest absolute Gasteiger partial charge is 0.176 e. The highest BCUT2D eigenvalue weighted by Crippen LogP contribution is 2.01. The molecule has 1 aliphatic heterocycles. The summed E-state index contributed by atoms with van der Waals surface area (Å²) in [6.07, 6.45) is 0. The predicted molar refractivity (Wildman–Crippen MR) is 65.8 cm³/mol. The van der Waals surface area contributed by atoms with Crippen molar-refractivity contribution in [3.8, 4) is 0 Å². The molecular formula is C13H18N2O2. The van der Waals surface area contributed by atoms with Gasteiger partial charge in [0, 0.05) is 19.6 Å². The zero-order chi connectivity index (χ0) is 11.9. The van der Waals surface area contributed by atoms with Gasteiger partial charge >= 0.3 is 0 Å². The van der Waals surface area contributed by atoms with Crippen LogP contribution >= 0.6 is 0 Å². The number of benzene rings is 1. The highest BCUT2D eigenvalue weighted by atomic mass is 16.5. The fourth-order valence-electron chi connectivity index (χ4n) is 1.83. The maximum atomic E-state index is 11.8. The van der Waals surface area contributed by atoms with Crippen molar-refractivity contribution in [2.45, 2.75) is 12.6 Å². The van der Waals surface area contributed by atoms with Crippen LogP contribution in [0.3, 0.4) is 0 Å². The second-order valence-electron chi connectivity index (χ2n) is 4.16. The van der Waals surface area contributed by atoms with Crippen LogP contribution in [0.1, 0.15) is 5.56 Å². The van der Waals surface area contributed by atoms with Gasteiger partial charge in [0.2, 0.25) is 0 Å². The number of rotatable bonds is 5. The van der Waals surface area contributed by atoms with Gasteiger partial charge in [0.05, 0.1) is 12.6 Å². The van der Waals surface area contributed by atoms with Gasteiger partial charge in [-0.1, -0.05) is 30.3 Å². The first-order valence-corrected chi connectivity index (χ1v) is 5.95. The zero-order valence-electron chi connectivity index (χ0n) is 9.82. The molecule has 0 saturated carbocycles. The van der Waals surface area contributed by atoms with Crippen molar-refractivity contribution in [2.24, 2.45) is 0 Å². The Morgan fingerprint density at radius 2 is 2.12 bits per heavy atom. The fraction of sp³-hybridized carbons (Fsp3) is 0.462. The Morgan fingerprint density at radius 1 is 1.29 bits per heavy atom. The Labute approximate surface area is 101 Å². The number of carbonyl (C=O) groups is 1. The first kappa shape index (κ1) is 12.2. The predicted octanol–water partition coefficient (Wildman–Crippen LogP) is 0.334. The van der Waals surface area contributed by atoms with E-state index in [-0.39, 0.29) is 18.4 Å². The molecule has 92 valence electrons. The van der Waals surface area contributed by atoms with Crippen molar-refractivity contribution in [3.05, 3.63) is 35.9 Å². The number of ether oxygens (including phenoxy) is 1. The van der Waals surface area contributed by atoms with Crippen LogP contribution in [-0.4, -0.2) is 38.1 Å². The minimum absolute atomic E-state index is 0.0977. The normalized spacial score (nSPS) is 20.1. The van der Waals surface area contributed by atoms with Gasteiger partial charge in [0.15, 0.2) is 5.78 Å². The number of Topliss-reactive ketones (excluding diaryl/α,β-unsaturated/α-hetero) is 1. The van der Waals surface area contributed by atoms with Crippen LogP contribution in [-0.2, 0) is 16.1 Å². The van der Waals surface area contributed by atoms with E-state index in [1.165, 1.54) is 0 Å². The van der Waals surface area contributed by atoms with Gasteiger partial charge in [-0.3, -0.25) is 4.79 Å². The molecule has 0 amide bonds. The number of piperazine rings is 1. The van der Waals surface area contributed by atoms with Crippen molar-refractivity contribution < 1.29 is 9.53 Å². The van der Waals surface area contributed by atoms with Crippen LogP contribution < -0.4 is 10.6 Å². The maximum absolute atomic E-state index is 11.8. The monoisotopic (exact) mass is 234 g/mol. The molecule has 1 aromatic carbocycles. The van der Waals surface area contributed by atoms with E-state index in [1.807, 2.05) is 30.3 Å². The molecule has 17 heavy (non-hydrogen) atoms. The van der Waals surface area contributed by atoms with Crippen LogP contribution in [0, 0.1) is 0 Å². The molecule has 2 N–H and O–H groups in total. The summed E-state index contributed by atoms with van der Waals surface area (Å²) in [5.41, 5.74) is 1.09. The first-order valence-electron chi connectivity index (χ1n) is 5.95. The summed E-state index contributed by atoms with van der Waals surface area (Å²) in [7, 11) is 0. The summed E-state index contributed by atoms with van der Waals surface area (Å²) < 4.78 is 5.42. The lowest BCUT2D eigenvalue weighted by atomic mass is 10.1. The molecule has 1 fully saturated rings. The molecule has 4 heteroatoms. The van der Waals surface area contributed by atoms with Gasteiger partial charge in [-0.25, -0.2) is 0 Å². The maximum Gasteiger partial charge on any atom is 0.176 e. The summed E-state index contributed by atoms with van der Waals surface area (Å²) in [6.45, 7) is 3.14. The second kappa shape index (κ2) is 6.49. The SMILES string of the molecule is O=C(COCc1ccccc1)C1CNCCN1. The lowest BCUT2D eigenvalue weighted by Gasteiger charge is -2.23. The third-order valence-electron chi connectivity index (χ3n) is 2.79. The van der Waals surface area contributed by atoms with Gasteiger partial charge in [-0.2, -0.15) is 0 Å². The van der Waals surface area contributed by atoms with E-state index in [4.69, 9.17) is 4.74 Å². The average molecular weight is 234 g/mol. The van der Waals surface area contributed by atoms with E-state index in [1.54, 1.807) is 0 Å². The minimum atomic E-state index is -0.0977. The molecule has 1 heterocycles. The molecule has 4 nitrogen and oxygen atoms in total. The van der Waals surface area contributed by atoms with Gasteiger partial charge in [-0.15, -0.1) is 0 Å².